The monoisotopic (exact) mass is 1900 g/mol. The van der Waals surface area contributed by atoms with E-state index < -0.39 is 184 Å². The van der Waals surface area contributed by atoms with E-state index in [4.69, 9.17) is 95.2 Å². The topological polar surface area (TPSA) is 520 Å². The highest BCUT2D eigenvalue weighted by Crippen LogP contribution is 2.42. The molecule has 0 amide bonds. The maximum Gasteiger partial charge on any atom is 0.303 e. The summed E-state index contributed by atoms with van der Waals surface area (Å²) in [6.45, 7) is 11.1. The average molecular weight is 1900 g/mol. The number of rotatable bonds is 31. The first-order chi connectivity index (χ1) is 66.2. The first-order valence-corrected chi connectivity index (χ1v) is 43.3. The Balaban J connectivity index is 0.798. The molecular formula is C95H93N13O30. The third-order valence-corrected chi connectivity index (χ3v) is 21.7. The van der Waals surface area contributed by atoms with Crippen LogP contribution in [0.1, 0.15) is 123 Å². The van der Waals surface area contributed by atoms with Crippen LogP contribution in [0.4, 0.5) is 0 Å². The normalized spacial score (nSPS) is 21.4. The predicted octanol–water partition coefficient (Wildman–Crippen LogP) is 8.86. The van der Waals surface area contributed by atoms with E-state index in [0.717, 1.165) is 94.2 Å². The van der Waals surface area contributed by atoms with Gasteiger partial charge in [0.2, 0.25) is 0 Å². The summed E-state index contributed by atoms with van der Waals surface area (Å²) in [5, 5.41) is 26.4. The Bertz CT molecular complexity index is 6350. The van der Waals surface area contributed by atoms with Crippen LogP contribution in [0.3, 0.4) is 0 Å². The van der Waals surface area contributed by atoms with E-state index in [0.29, 0.717) is 95.3 Å². The molecule has 8 bridgehead atoms. The first kappa shape index (κ1) is 96.9. The van der Waals surface area contributed by atoms with Crippen LogP contribution in [0.25, 0.3) is 108 Å². The lowest BCUT2D eigenvalue weighted by Gasteiger charge is -2.43. The fourth-order valence-corrected chi connectivity index (χ4v) is 16.3. The number of aromatic nitrogens is 13. The molecule has 43 nitrogen and oxygen atoms in total. The molecule has 43 heteroatoms. The number of hydrogen-bond acceptors (Lipinski definition) is 38. The molecule has 5 aliphatic heterocycles. The standard InChI is InChI=1S/C95H93N13O30/c1-47(109)121-44-77-84(127-50(4)112)87(130-53(7)115)90(133-56(10)118)93(136-77)124-41-63-38-106(103-100-63)66-24-18-60(19-25-66)81-71-32-30-69(96-71)80(59-16-14-13-15-17-59)70-31-33-72(97-70)82(61-20-26-67(27-21-61)107-39-64(101-104-107)42-125-94-91(134-57(11)119)88(131-54(8)116)85(128-51(5)113)78(137-94)45-122-48(2)110)74-35-37-76(99-74)83(75-36-34-73(81)98-75)62-22-28-68(29-23-62)108-40-65(102-105-108)43-126-95-92(135-58(12)120)89(132-55(9)117)86(129-52(6)114)79(138-95)46-123-49(3)111/h13-40,77-79,84-96,99H,41-46H2,1-12H3/t77-,78-,79-,84-,85-,86-,87+,88+,89+,90-,91-,92-,93-,94-,95-/m1/s1. The minimum Gasteiger partial charge on any atom is -0.463 e. The molecule has 5 aliphatic rings. The maximum absolute atomic E-state index is 12.7. The van der Waals surface area contributed by atoms with Gasteiger partial charge in [0.05, 0.1) is 78.2 Å². The van der Waals surface area contributed by atoms with Crippen molar-refractivity contribution in [1.82, 2.24) is 64.9 Å². The third-order valence-electron chi connectivity index (χ3n) is 21.7. The van der Waals surface area contributed by atoms with Crippen LogP contribution in [0.5, 0.6) is 0 Å². The fraction of sp³-hybridized carbons (Fsp3) is 0.347. The Morgan fingerprint density at radius 1 is 0.283 bits per heavy atom. The van der Waals surface area contributed by atoms with E-state index in [1.54, 1.807) is 18.6 Å². The number of nitrogens with one attached hydrogen (secondary N) is 2. The molecule has 3 fully saturated rings. The van der Waals surface area contributed by atoms with Gasteiger partial charge in [0.1, 0.15) is 55.2 Å². The second-order valence-corrected chi connectivity index (χ2v) is 32.1. The molecular weight excluding hydrogens is 1800 g/mol. The summed E-state index contributed by atoms with van der Waals surface area (Å²) < 4.78 is 108. The van der Waals surface area contributed by atoms with Crippen molar-refractivity contribution in [2.24, 2.45) is 0 Å². The highest BCUT2D eigenvalue weighted by molar-refractivity contribution is 6.00. The number of hydrogen-bond donors (Lipinski definition) is 2. The highest BCUT2D eigenvalue weighted by atomic mass is 16.8. The van der Waals surface area contributed by atoms with Gasteiger partial charge in [-0.1, -0.05) is 82.4 Å². The van der Waals surface area contributed by atoms with Gasteiger partial charge in [0.15, 0.2) is 73.8 Å². The van der Waals surface area contributed by atoms with Crippen molar-refractivity contribution < 1.29 is 143 Å². The van der Waals surface area contributed by atoms with E-state index in [-0.39, 0.29) is 36.9 Å². The molecule has 0 saturated carbocycles. The molecule has 11 heterocycles. The largest absolute Gasteiger partial charge is 0.463 e. The molecule has 3 saturated heterocycles. The van der Waals surface area contributed by atoms with Crippen molar-refractivity contribution in [2.45, 2.75) is 195 Å². The number of esters is 12. The molecule has 0 unspecified atom stereocenters. The van der Waals surface area contributed by atoms with E-state index in [1.807, 2.05) is 152 Å². The summed E-state index contributed by atoms with van der Waals surface area (Å²) >= 11 is 0. The molecule has 0 aliphatic carbocycles. The number of carbonyl (C=O) groups excluding carboxylic acids is 12. The third kappa shape index (κ3) is 23.3. The number of carbonyl (C=O) groups is 12. The highest BCUT2D eigenvalue weighted by Gasteiger charge is 2.56. The number of H-pyrrole nitrogens is 2. The summed E-state index contributed by atoms with van der Waals surface area (Å²) in [5.74, 6) is -9.38. The number of fused-ring (bicyclic) bond motifs is 8. The van der Waals surface area contributed by atoms with E-state index in [2.05, 4.69) is 40.9 Å². The molecule has 0 spiro atoms. The molecule has 15 atom stereocenters. The Morgan fingerprint density at radius 3 is 0.754 bits per heavy atom. The minimum atomic E-state index is -1.51. The Kier molecular flexibility index (Phi) is 30.1. The van der Waals surface area contributed by atoms with E-state index in [9.17, 15) is 57.5 Å². The zero-order valence-electron chi connectivity index (χ0n) is 76.2. The van der Waals surface area contributed by atoms with Crippen molar-refractivity contribution in [3.05, 3.63) is 186 Å². The molecule has 718 valence electrons. The zero-order chi connectivity index (χ0) is 97.9. The van der Waals surface area contributed by atoms with Gasteiger partial charge < -0.3 is 95.2 Å². The smallest absolute Gasteiger partial charge is 0.303 e. The van der Waals surface area contributed by atoms with Crippen LogP contribution in [0, 0.1) is 0 Å². The molecule has 15 rings (SSSR count). The van der Waals surface area contributed by atoms with Crippen LogP contribution < -0.4 is 0 Å². The summed E-state index contributed by atoms with van der Waals surface area (Å²) in [7, 11) is 0. The minimum absolute atomic E-state index is 0.249. The van der Waals surface area contributed by atoms with Gasteiger partial charge in [0, 0.05) is 127 Å². The van der Waals surface area contributed by atoms with E-state index >= 15 is 0 Å². The zero-order valence-corrected chi connectivity index (χ0v) is 76.2. The van der Waals surface area contributed by atoms with Gasteiger partial charge in [-0.3, -0.25) is 57.5 Å². The Hall–Kier alpha value is -15.7. The van der Waals surface area contributed by atoms with Crippen LogP contribution in [0.2, 0.25) is 0 Å². The lowest BCUT2D eigenvalue weighted by molar-refractivity contribution is -0.310. The van der Waals surface area contributed by atoms with Gasteiger partial charge >= 0.3 is 71.6 Å². The van der Waals surface area contributed by atoms with Gasteiger partial charge in [-0.25, -0.2) is 24.0 Å². The number of ether oxygens (including phenoxy) is 18. The van der Waals surface area contributed by atoms with Gasteiger partial charge in [0.25, 0.3) is 0 Å². The summed E-state index contributed by atoms with van der Waals surface area (Å²) in [6, 6.07) is 40.0. The Morgan fingerprint density at radius 2 is 0.514 bits per heavy atom. The predicted molar refractivity (Wildman–Crippen MR) is 476 cm³/mol. The van der Waals surface area contributed by atoms with Gasteiger partial charge in [-0.15, -0.1) is 15.3 Å². The van der Waals surface area contributed by atoms with Crippen LogP contribution in [-0.2, 0) is 163 Å². The second-order valence-electron chi connectivity index (χ2n) is 32.1. The SMILES string of the molecule is CC(=O)OC[C@H]1O[C@@H](OCc2cn(-c3ccc(-c4c5nc(c(-c6ccc(-n7cc(CO[C@@H]8O[C@H](COC(C)=O)[C@@H](OC(C)=O)[C@H](OC(C)=O)[C@H]8OC(C)=O)nn7)cc6)c6ccc([nH]6)c(-c6ccc(-n7cc(CO[C@@H]8O[C@H](COC(C)=O)[C@@H](OC(C)=O)[C@H](OC(C)=O)[C@H]8OC(C)=O)nn7)cc6)c6nc(c(-c7ccccc7)c7ccc4[nH]7)C=C6)C=C5)cc3)nn2)[C@H](OC(C)=O)[C@@H](OC(C)=O)[C@@H]1OC(C)=O. The second kappa shape index (κ2) is 42.9. The van der Waals surface area contributed by atoms with Crippen molar-refractivity contribution in [2.75, 3.05) is 19.8 Å². The maximum atomic E-state index is 12.7. The molecule has 0 radical (unpaired) electrons. The lowest BCUT2D eigenvalue weighted by atomic mass is 9.98. The Labute approximate surface area is 784 Å². The molecule has 10 aromatic rings. The molecule has 2 N–H and O–H groups in total. The van der Waals surface area contributed by atoms with Gasteiger partial charge in [-0.2, -0.15) is 0 Å². The van der Waals surface area contributed by atoms with E-state index in [1.165, 1.54) is 14.0 Å². The van der Waals surface area contributed by atoms with Gasteiger partial charge in [-0.05, 0) is 107 Å². The quantitative estimate of drug-likeness (QED) is 0.0302. The average Bonchev–Trinajstić information content (AvgIpc) is 1.60. The van der Waals surface area contributed by atoms with Crippen molar-refractivity contribution in [3.63, 3.8) is 0 Å². The summed E-state index contributed by atoms with van der Waals surface area (Å²) in [4.78, 5) is 168. The number of benzene rings is 4. The first-order valence-electron chi connectivity index (χ1n) is 43.3. The molecule has 138 heavy (non-hydrogen) atoms. The van der Waals surface area contributed by atoms with Crippen molar-refractivity contribution >= 4 is 118 Å². The molecule has 4 aromatic carbocycles. The van der Waals surface area contributed by atoms with Crippen LogP contribution >= 0.6 is 0 Å². The summed E-state index contributed by atoms with van der Waals surface area (Å²) in [5.41, 5.74) is 12.9. The molecule has 6 aromatic heterocycles. The van der Waals surface area contributed by atoms with Crippen molar-refractivity contribution in [3.8, 4) is 61.6 Å². The lowest BCUT2D eigenvalue weighted by Crippen LogP contribution is -2.62. The van der Waals surface area contributed by atoms with Crippen molar-refractivity contribution in [1.29, 1.82) is 0 Å². The fourth-order valence-electron chi connectivity index (χ4n) is 16.3. The van der Waals surface area contributed by atoms with Crippen LogP contribution in [-0.4, -0.2) is 248 Å². The number of aromatic amines is 2. The number of nitrogens with zero attached hydrogens (tertiary/aromatic N) is 11. The van der Waals surface area contributed by atoms with Crippen LogP contribution in [0.15, 0.2) is 146 Å². The summed E-state index contributed by atoms with van der Waals surface area (Å²) in [6.07, 6.45) is -8.97.